The lowest BCUT2D eigenvalue weighted by atomic mass is 10.2. The van der Waals surface area contributed by atoms with E-state index in [1.807, 2.05) is 24.3 Å². The molecule has 0 aliphatic carbocycles. The number of nitrogens with zero attached hydrogens (tertiary/aromatic N) is 3. The first kappa shape index (κ1) is 11.8. The van der Waals surface area contributed by atoms with Crippen molar-refractivity contribution in [1.29, 1.82) is 0 Å². The van der Waals surface area contributed by atoms with Crippen molar-refractivity contribution in [2.24, 2.45) is 0 Å². The summed E-state index contributed by atoms with van der Waals surface area (Å²) in [5.74, 6) is -0.0848. The second-order valence-electron chi connectivity index (χ2n) is 3.50. The van der Waals surface area contributed by atoms with E-state index in [0.717, 1.165) is 10.0 Å². The van der Waals surface area contributed by atoms with E-state index in [1.165, 1.54) is 17.3 Å². The van der Waals surface area contributed by atoms with Crippen molar-refractivity contribution >= 4 is 21.8 Å². The van der Waals surface area contributed by atoms with E-state index < -0.39 is 0 Å². The second kappa shape index (κ2) is 5.58. The van der Waals surface area contributed by atoms with Crippen molar-refractivity contribution in [3.05, 3.63) is 47.0 Å². The molecule has 17 heavy (non-hydrogen) atoms. The van der Waals surface area contributed by atoms with Gasteiger partial charge in [0.2, 0.25) is 5.91 Å². The Balaban J connectivity index is 1.82. The molecule has 1 aromatic heterocycles. The number of carbonyl (C=O) groups is 1. The maximum absolute atomic E-state index is 11.5. The topological polar surface area (TPSA) is 59.8 Å². The Labute approximate surface area is 107 Å². The molecule has 1 N–H and O–H groups in total. The number of amides is 1. The summed E-state index contributed by atoms with van der Waals surface area (Å²) in [6.07, 6.45) is 2.92. The van der Waals surface area contributed by atoms with Gasteiger partial charge in [-0.1, -0.05) is 28.1 Å². The average Bonchev–Trinajstić information content (AvgIpc) is 2.81. The number of hydrogen-bond acceptors (Lipinski definition) is 3. The van der Waals surface area contributed by atoms with Gasteiger partial charge in [-0.2, -0.15) is 5.10 Å². The summed E-state index contributed by atoms with van der Waals surface area (Å²) in [6.45, 7) is 0.706. The Morgan fingerprint density at radius 3 is 2.76 bits per heavy atom. The van der Waals surface area contributed by atoms with Gasteiger partial charge in [0.25, 0.3) is 0 Å². The Morgan fingerprint density at radius 2 is 2.12 bits per heavy atom. The Bertz CT molecular complexity index is 481. The molecule has 2 aromatic rings. The fourth-order valence-corrected chi connectivity index (χ4v) is 1.58. The molecule has 2 rings (SSSR count). The highest BCUT2D eigenvalue weighted by Gasteiger charge is 2.02. The lowest BCUT2D eigenvalue weighted by Gasteiger charge is -2.05. The SMILES string of the molecule is O=C(Cn1cncn1)NCc1ccc(Br)cc1. The zero-order valence-corrected chi connectivity index (χ0v) is 10.6. The number of aromatic nitrogens is 3. The lowest BCUT2D eigenvalue weighted by molar-refractivity contribution is -0.122. The van der Waals surface area contributed by atoms with Crippen LogP contribution >= 0.6 is 15.9 Å². The summed E-state index contributed by atoms with van der Waals surface area (Å²) in [6, 6.07) is 7.80. The van der Waals surface area contributed by atoms with Crippen molar-refractivity contribution in [2.45, 2.75) is 13.1 Å². The van der Waals surface area contributed by atoms with E-state index in [0.29, 0.717) is 6.54 Å². The van der Waals surface area contributed by atoms with Crippen LogP contribution in [-0.2, 0) is 17.9 Å². The molecule has 0 spiro atoms. The molecule has 1 amide bonds. The van der Waals surface area contributed by atoms with Gasteiger partial charge in [0.05, 0.1) is 0 Å². The normalized spacial score (nSPS) is 10.2. The van der Waals surface area contributed by atoms with Crippen LogP contribution in [0.3, 0.4) is 0 Å². The zero-order valence-electron chi connectivity index (χ0n) is 9.01. The van der Waals surface area contributed by atoms with E-state index in [2.05, 4.69) is 31.3 Å². The van der Waals surface area contributed by atoms with Crippen LogP contribution in [0, 0.1) is 0 Å². The van der Waals surface area contributed by atoms with Gasteiger partial charge >= 0.3 is 0 Å². The largest absolute Gasteiger partial charge is 0.350 e. The predicted octanol–water partition coefficient (Wildman–Crippen LogP) is 1.36. The second-order valence-corrected chi connectivity index (χ2v) is 4.41. The van der Waals surface area contributed by atoms with Crippen LogP contribution in [0.5, 0.6) is 0 Å². The number of hydrogen-bond donors (Lipinski definition) is 1. The Morgan fingerprint density at radius 1 is 1.35 bits per heavy atom. The molecule has 5 nitrogen and oxygen atoms in total. The highest BCUT2D eigenvalue weighted by atomic mass is 79.9. The molecule has 0 bridgehead atoms. The van der Waals surface area contributed by atoms with E-state index >= 15 is 0 Å². The summed E-state index contributed by atoms with van der Waals surface area (Å²) >= 11 is 3.36. The number of benzene rings is 1. The van der Waals surface area contributed by atoms with Crippen LogP contribution in [0.15, 0.2) is 41.4 Å². The molecule has 0 saturated carbocycles. The monoisotopic (exact) mass is 294 g/mol. The van der Waals surface area contributed by atoms with Gasteiger partial charge in [0, 0.05) is 11.0 Å². The van der Waals surface area contributed by atoms with Gasteiger partial charge in [-0.25, -0.2) is 9.67 Å². The van der Waals surface area contributed by atoms with E-state index in [4.69, 9.17) is 0 Å². The predicted molar refractivity (Wildman–Crippen MR) is 66.0 cm³/mol. The Kier molecular flexibility index (Phi) is 3.87. The highest BCUT2D eigenvalue weighted by Crippen LogP contribution is 2.10. The van der Waals surface area contributed by atoms with Gasteiger partial charge in [-0.05, 0) is 17.7 Å². The van der Waals surface area contributed by atoms with E-state index in [1.54, 1.807) is 0 Å². The van der Waals surface area contributed by atoms with Crippen LogP contribution in [0.25, 0.3) is 0 Å². The van der Waals surface area contributed by atoms with Crippen LogP contribution in [0.4, 0.5) is 0 Å². The third-order valence-electron chi connectivity index (χ3n) is 2.18. The fraction of sp³-hybridized carbons (Fsp3) is 0.182. The van der Waals surface area contributed by atoms with Crippen molar-refractivity contribution in [3.8, 4) is 0 Å². The molecule has 0 aliphatic heterocycles. The number of nitrogens with one attached hydrogen (secondary N) is 1. The molecule has 0 radical (unpaired) electrons. The highest BCUT2D eigenvalue weighted by molar-refractivity contribution is 9.10. The third-order valence-corrected chi connectivity index (χ3v) is 2.70. The van der Waals surface area contributed by atoms with Crippen LogP contribution in [-0.4, -0.2) is 20.7 Å². The minimum Gasteiger partial charge on any atom is -0.350 e. The molecule has 0 fully saturated rings. The summed E-state index contributed by atoms with van der Waals surface area (Å²) < 4.78 is 2.51. The molecular formula is C11H11BrN4O. The van der Waals surface area contributed by atoms with Gasteiger partial charge < -0.3 is 5.32 Å². The zero-order chi connectivity index (χ0) is 12.1. The van der Waals surface area contributed by atoms with Gasteiger partial charge in [-0.15, -0.1) is 0 Å². The first-order valence-corrected chi connectivity index (χ1v) is 5.87. The first-order chi connectivity index (χ1) is 8.24. The molecule has 1 aromatic carbocycles. The van der Waals surface area contributed by atoms with Crippen LogP contribution < -0.4 is 5.32 Å². The van der Waals surface area contributed by atoms with Crippen LogP contribution in [0.2, 0.25) is 0 Å². The molecule has 0 aliphatic rings. The third kappa shape index (κ3) is 3.67. The summed E-state index contributed by atoms with van der Waals surface area (Å²) in [4.78, 5) is 15.3. The summed E-state index contributed by atoms with van der Waals surface area (Å²) in [7, 11) is 0. The molecule has 6 heteroatoms. The summed E-state index contributed by atoms with van der Waals surface area (Å²) in [5, 5.41) is 6.68. The molecular weight excluding hydrogens is 284 g/mol. The van der Waals surface area contributed by atoms with Crippen LogP contribution in [0.1, 0.15) is 5.56 Å². The van der Waals surface area contributed by atoms with Gasteiger partial charge in [0.1, 0.15) is 19.2 Å². The minimum absolute atomic E-state index is 0.0848. The number of carbonyl (C=O) groups excluding carboxylic acids is 1. The standard InChI is InChI=1S/C11H11BrN4O/c12-10-3-1-9(2-4-10)5-14-11(17)6-16-8-13-7-15-16/h1-4,7-8H,5-6H2,(H,14,17). The lowest BCUT2D eigenvalue weighted by Crippen LogP contribution is -2.27. The molecule has 0 saturated heterocycles. The minimum atomic E-state index is -0.0848. The molecule has 1 heterocycles. The van der Waals surface area contributed by atoms with Gasteiger partial charge in [0.15, 0.2) is 0 Å². The van der Waals surface area contributed by atoms with Crippen molar-refractivity contribution < 1.29 is 4.79 Å². The van der Waals surface area contributed by atoms with E-state index in [-0.39, 0.29) is 12.5 Å². The maximum Gasteiger partial charge on any atom is 0.242 e. The van der Waals surface area contributed by atoms with E-state index in [9.17, 15) is 4.79 Å². The maximum atomic E-state index is 11.5. The quantitative estimate of drug-likeness (QED) is 0.926. The fourth-order valence-electron chi connectivity index (χ4n) is 1.32. The average molecular weight is 295 g/mol. The molecule has 88 valence electrons. The number of halogens is 1. The van der Waals surface area contributed by atoms with Crippen molar-refractivity contribution in [2.75, 3.05) is 0 Å². The molecule has 0 atom stereocenters. The van der Waals surface area contributed by atoms with Crippen molar-refractivity contribution in [3.63, 3.8) is 0 Å². The van der Waals surface area contributed by atoms with Gasteiger partial charge in [-0.3, -0.25) is 4.79 Å². The smallest absolute Gasteiger partial charge is 0.242 e. The first-order valence-electron chi connectivity index (χ1n) is 5.07. The van der Waals surface area contributed by atoms with Crippen molar-refractivity contribution in [1.82, 2.24) is 20.1 Å². The Hall–Kier alpha value is -1.69. The number of rotatable bonds is 4. The molecule has 0 unspecified atom stereocenters. The summed E-state index contributed by atoms with van der Waals surface area (Å²) in [5.41, 5.74) is 1.06.